The van der Waals surface area contributed by atoms with Crippen molar-refractivity contribution in [2.45, 2.75) is 38.8 Å². The van der Waals surface area contributed by atoms with E-state index in [1.807, 2.05) is 18.4 Å². The lowest BCUT2D eigenvalue weighted by molar-refractivity contribution is -0.122. The SMILES string of the molecule is CC(C)(N)c1cncn1CCNC(=O)C1CC1. The predicted molar refractivity (Wildman–Crippen MR) is 65.2 cm³/mol. The molecule has 0 atom stereocenters. The molecule has 1 aliphatic carbocycles. The molecule has 1 amide bonds. The van der Waals surface area contributed by atoms with E-state index in [0.717, 1.165) is 18.5 Å². The van der Waals surface area contributed by atoms with Gasteiger partial charge in [0.1, 0.15) is 0 Å². The highest BCUT2D eigenvalue weighted by atomic mass is 16.2. The molecule has 1 saturated carbocycles. The summed E-state index contributed by atoms with van der Waals surface area (Å²) in [5.74, 6) is 0.446. The first-order chi connectivity index (χ1) is 7.98. The van der Waals surface area contributed by atoms with Crippen LogP contribution in [-0.4, -0.2) is 22.0 Å². The van der Waals surface area contributed by atoms with E-state index in [2.05, 4.69) is 10.3 Å². The molecular weight excluding hydrogens is 216 g/mol. The highest BCUT2D eigenvalue weighted by Gasteiger charge is 2.29. The Hall–Kier alpha value is -1.36. The molecule has 0 bridgehead atoms. The summed E-state index contributed by atoms with van der Waals surface area (Å²) in [4.78, 5) is 15.6. The van der Waals surface area contributed by atoms with Crippen LogP contribution in [0, 0.1) is 5.92 Å². The molecule has 1 heterocycles. The van der Waals surface area contributed by atoms with Crippen molar-refractivity contribution in [3.05, 3.63) is 18.2 Å². The molecule has 0 unspecified atom stereocenters. The maximum atomic E-state index is 11.5. The fourth-order valence-electron chi connectivity index (χ4n) is 1.82. The molecule has 0 aromatic carbocycles. The topological polar surface area (TPSA) is 72.9 Å². The van der Waals surface area contributed by atoms with Crippen LogP contribution in [-0.2, 0) is 16.9 Å². The molecule has 1 aromatic rings. The molecule has 1 aliphatic rings. The number of carbonyl (C=O) groups excluding carboxylic acids is 1. The van der Waals surface area contributed by atoms with Crippen LogP contribution in [0.4, 0.5) is 0 Å². The minimum absolute atomic E-state index is 0.179. The van der Waals surface area contributed by atoms with Gasteiger partial charge < -0.3 is 15.6 Å². The van der Waals surface area contributed by atoms with Crippen molar-refractivity contribution in [1.82, 2.24) is 14.9 Å². The second-order valence-corrected chi connectivity index (χ2v) is 5.26. The van der Waals surface area contributed by atoms with Gasteiger partial charge in [0.2, 0.25) is 5.91 Å². The van der Waals surface area contributed by atoms with E-state index in [-0.39, 0.29) is 11.8 Å². The fraction of sp³-hybridized carbons (Fsp3) is 0.667. The number of amides is 1. The molecule has 1 aromatic heterocycles. The lowest BCUT2D eigenvalue weighted by atomic mass is 10.0. The van der Waals surface area contributed by atoms with Gasteiger partial charge in [0.15, 0.2) is 0 Å². The lowest BCUT2D eigenvalue weighted by Gasteiger charge is -2.20. The molecule has 0 spiro atoms. The van der Waals surface area contributed by atoms with E-state index in [1.54, 1.807) is 12.5 Å². The van der Waals surface area contributed by atoms with Crippen molar-refractivity contribution in [3.63, 3.8) is 0 Å². The van der Waals surface area contributed by atoms with Gasteiger partial charge in [-0.3, -0.25) is 4.79 Å². The Labute approximate surface area is 101 Å². The molecule has 0 radical (unpaired) electrons. The van der Waals surface area contributed by atoms with Gasteiger partial charge in [-0.25, -0.2) is 4.98 Å². The Morgan fingerprint density at radius 3 is 2.94 bits per heavy atom. The van der Waals surface area contributed by atoms with Gasteiger partial charge in [0.05, 0.1) is 17.6 Å². The standard InChI is InChI=1S/C12H20N4O/c1-12(2,13)10-7-14-8-16(10)6-5-15-11(17)9-3-4-9/h7-9H,3-6,13H2,1-2H3,(H,15,17). The van der Waals surface area contributed by atoms with Gasteiger partial charge in [0, 0.05) is 25.2 Å². The molecule has 1 fully saturated rings. The molecule has 17 heavy (non-hydrogen) atoms. The number of aromatic nitrogens is 2. The number of imidazole rings is 1. The van der Waals surface area contributed by atoms with Crippen LogP contribution < -0.4 is 11.1 Å². The summed E-state index contributed by atoms with van der Waals surface area (Å²) >= 11 is 0. The van der Waals surface area contributed by atoms with Crippen LogP contribution in [0.15, 0.2) is 12.5 Å². The van der Waals surface area contributed by atoms with Crippen molar-refractivity contribution in [2.24, 2.45) is 11.7 Å². The van der Waals surface area contributed by atoms with E-state index in [9.17, 15) is 4.79 Å². The number of hydrogen-bond acceptors (Lipinski definition) is 3. The average Bonchev–Trinajstić information content (AvgIpc) is 2.97. The predicted octanol–water partition coefficient (Wildman–Crippen LogP) is 0.603. The first-order valence-electron chi connectivity index (χ1n) is 6.05. The van der Waals surface area contributed by atoms with E-state index in [4.69, 9.17) is 5.73 Å². The Kier molecular flexibility index (Phi) is 3.19. The summed E-state index contributed by atoms with van der Waals surface area (Å²) in [6, 6.07) is 0. The van der Waals surface area contributed by atoms with Crippen molar-refractivity contribution in [3.8, 4) is 0 Å². The number of rotatable bonds is 5. The zero-order valence-electron chi connectivity index (χ0n) is 10.4. The van der Waals surface area contributed by atoms with Gasteiger partial charge in [-0.2, -0.15) is 0 Å². The molecule has 2 rings (SSSR count). The monoisotopic (exact) mass is 236 g/mol. The van der Waals surface area contributed by atoms with E-state index in [0.29, 0.717) is 13.1 Å². The van der Waals surface area contributed by atoms with E-state index < -0.39 is 5.54 Å². The summed E-state index contributed by atoms with van der Waals surface area (Å²) in [6.07, 6.45) is 5.62. The van der Waals surface area contributed by atoms with Crippen molar-refractivity contribution < 1.29 is 4.79 Å². The normalized spacial score (nSPS) is 15.9. The summed E-state index contributed by atoms with van der Waals surface area (Å²) in [7, 11) is 0. The molecule has 3 N–H and O–H groups in total. The van der Waals surface area contributed by atoms with Crippen LogP contribution in [0.1, 0.15) is 32.4 Å². The first kappa shape index (κ1) is 12.1. The quantitative estimate of drug-likeness (QED) is 0.786. The largest absolute Gasteiger partial charge is 0.354 e. The second-order valence-electron chi connectivity index (χ2n) is 5.26. The van der Waals surface area contributed by atoms with Crippen LogP contribution in [0.5, 0.6) is 0 Å². The molecular formula is C12H20N4O. The number of nitrogens with one attached hydrogen (secondary N) is 1. The smallest absolute Gasteiger partial charge is 0.223 e. The maximum absolute atomic E-state index is 11.5. The second kappa shape index (κ2) is 4.49. The number of nitrogens with two attached hydrogens (primary N) is 1. The molecule has 5 heteroatoms. The van der Waals surface area contributed by atoms with Gasteiger partial charge in [-0.1, -0.05) is 0 Å². The molecule has 5 nitrogen and oxygen atoms in total. The maximum Gasteiger partial charge on any atom is 0.223 e. The summed E-state index contributed by atoms with van der Waals surface area (Å²) in [5, 5.41) is 2.93. The Morgan fingerprint density at radius 2 is 2.35 bits per heavy atom. The first-order valence-corrected chi connectivity index (χ1v) is 6.05. The van der Waals surface area contributed by atoms with E-state index >= 15 is 0 Å². The third kappa shape index (κ3) is 3.06. The van der Waals surface area contributed by atoms with Gasteiger partial charge >= 0.3 is 0 Å². The number of carbonyl (C=O) groups is 1. The Balaban J connectivity index is 1.86. The van der Waals surface area contributed by atoms with Gasteiger partial charge in [-0.05, 0) is 26.7 Å². The minimum Gasteiger partial charge on any atom is -0.354 e. The van der Waals surface area contributed by atoms with Crippen LogP contribution in [0.3, 0.4) is 0 Å². The van der Waals surface area contributed by atoms with Crippen molar-refractivity contribution in [2.75, 3.05) is 6.54 Å². The Morgan fingerprint density at radius 1 is 1.65 bits per heavy atom. The average molecular weight is 236 g/mol. The van der Waals surface area contributed by atoms with Crippen LogP contribution >= 0.6 is 0 Å². The van der Waals surface area contributed by atoms with Crippen LogP contribution in [0.2, 0.25) is 0 Å². The highest BCUT2D eigenvalue weighted by Crippen LogP contribution is 2.28. The van der Waals surface area contributed by atoms with Crippen molar-refractivity contribution in [1.29, 1.82) is 0 Å². The Bertz CT molecular complexity index is 401. The van der Waals surface area contributed by atoms with Crippen molar-refractivity contribution >= 4 is 5.91 Å². The molecule has 0 aliphatic heterocycles. The summed E-state index contributed by atoms with van der Waals surface area (Å²) in [6.45, 7) is 5.25. The zero-order chi connectivity index (χ0) is 12.5. The van der Waals surface area contributed by atoms with Crippen LogP contribution in [0.25, 0.3) is 0 Å². The number of nitrogens with zero attached hydrogens (tertiary/aromatic N) is 2. The van der Waals surface area contributed by atoms with E-state index in [1.165, 1.54) is 0 Å². The van der Waals surface area contributed by atoms with Gasteiger partial charge in [-0.15, -0.1) is 0 Å². The third-order valence-corrected chi connectivity index (χ3v) is 2.97. The minimum atomic E-state index is -0.406. The zero-order valence-corrected chi connectivity index (χ0v) is 10.4. The lowest BCUT2D eigenvalue weighted by Crippen LogP contribution is -2.34. The molecule has 0 saturated heterocycles. The fourth-order valence-corrected chi connectivity index (χ4v) is 1.82. The number of hydrogen-bond donors (Lipinski definition) is 2. The molecule has 94 valence electrons. The van der Waals surface area contributed by atoms with Gasteiger partial charge in [0.25, 0.3) is 0 Å². The summed E-state index contributed by atoms with van der Waals surface area (Å²) < 4.78 is 1.99. The third-order valence-electron chi connectivity index (χ3n) is 2.97. The summed E-state index contributed by atoms with van der Waals surface area (Å²) in [5.41, 5.74) is 6.62. The highest BCUT2D eigenvalue weighted by molar-refractivity contribution is 5.80.